The molecule has 0 radical (unpaired) electrons. The number of carbonyl (C=O) groups is 1. The summed E-state index contributed by atoms with van der Waals surface area (Å²) in [5.41, 5.74) is 4.56. The molecule has 2 aromatic heterocycles. The molecule has 0 saturated carbocycles. The second-order valence-corrected chi connectivity index (χ2v) is 8.56. The number of anilines is 1. The van der Waals surface area contributed by atoms with Crippen molar-refractivity contribution in [3.63, 3.8) is 0 Å². The molecule has 0 N–H and O–H groups in total. The summed E-state index contributed by atoms with van der Waals surface area (Å²) >= 11 is 7.77. The predicted molar refractivity (Wildman–Crippen MR) is 125 cm³/mol. The van der Waals surface area contributed by atoms with Crippen LogP contribution in [0.1, 0.15) is 10.4 Å². The minimum Gasteiger partial charge on any atom is -0.368 e. The maximum atomic E-state index is 13.5. The van der Waals surface area contributed by atoms with Crippen molar-refractivity contribution in [3.05, 3.63) is 82.0 Å². The van der Waals surface area contributed by atoms with E-state index in [9.17, 15) is 4.79 Å². The van der Waals surface area contributed by atoms with E-state index in [1.54, 1.807) is 11.3 Å². The topological polar surface area (TPSA) is 36.4 Å². The number of para-hydroxylation sites is 1. The summed E-state index contributed by atoms with van der Waals surface area (Å²) in [7, 11) is 0. The molecule has 150 valence electrons. The van der Waals surface area contributed by atoms with Crippen molar-refractivity contribution < 1.29 is 4.79 Å². The van der Waals surface area contributed by atoms with Crippen LogP contribution in [0.3, 0.4) is 0 Å². The molecule has 4 aromatic rings. The van der Waals surface area contributed by atoms with E-state index in [1.165, 1.54) is 0 Å². The van der Waals surface area contributed by atoms with Crippen LogP contribution in [0, 0.1) is 0 Å². The predicted octanol–water partition coefficient (Wildman–Crippen LogP) is 5.58. The first kappa shape index (κ1) is 19.1. The summed E-state index contributed by atoms with van der Waals surface area (Å²) in [6.07, 6.45) is 0. The monoisotopic (exact) mass is 433 g/mol. The molecular weight excluding hydrogens is 414 g/mol. The van der Waals surface area contributed by atoms with Gasteiger partial charge in [-0.15, -0.1) is 0 Å². The zero-order valence-corrected chi connectivity index (χ0v) is 17.9. The normalized spacial score (nSPS) is 14.3. The van der Waals surface area contributed by atoms with Gasteiger partial charge in [0.15, 0.2) is 0 Å². The molecular formula is C24H20ClN3OS. The molecule has 6 heteroatoms. The minimum absolute atomic E-state index is 0.0656. The number of hydrogen-bond donors (Lipinski definition) is 0. The van der Waals surface area contributed by atoms with Crippen LogP contribution in [-0.4, -0.2) is 42.0 Å². The highest BCUT2D eigenvalue weighted by Gasteiger charge is 2.24. The van der Waals surface area contributed by atoms with Crippen molar-refractivity contribution in [2.75, 3.05) is 31.1 Å². The third kappa shape index (κ3) is 3.66. The van der Waals surface area contributed by atoms with E-state index < -0.39 is 0 Å². The molecule has 0 atom stereocenters. The number of piperazine rings is 1. The van der Waals surface area contributed by atoms with Crippen LogP contribution in [-0.2, 0) is 0 Å². The van der Waals surface area contributed by atoms with E-state index in [4.69, 9.17) is 16.6 Å². The lowest BCUT2D eigenvalue weighted by Gasteiger charge is -2.36. The Morgan fingerprint density at radius 3 is 2.57 bits per heavy atom. The summed E-state index contributed by atoms with van der Waals surface area (Å²) < 4.78 is 0. The average molecular weight is 434 g/mol. The largest absolute Gasteiger partial charge is 0.368 e. The second kappa shape index (κ2) is 8.09. The zero-order chi connectivity index (χ0) is 20.5. The molecule has 0 bridgehead atoms. The lowest BCUT2D eigenvalue weighted by Crippen LogP contribution is -2.48. The summed E-state index contributed by atoms with van der Waals surface area (Å²) in [6, 6.07) is 19.7. The van der Waals surface area contributed by atoms with Crippen LogP contribution in [0.5, 0.6) is 0 Å². The molecule has 3 heterocycles. The van der Waals surface area contributed by atoms with E-state index in [-0.39, 0.29) is 5.91 Å². The van der Waals surface area contributed by atoms with Gasteiger partial charge in [-0.05, 0) is 41.8 Å². The van der Waals surface area contributed by atoms with Gasteiger partial charge in [0.05, 0.1) is 16.8 Å². The number of halogens is 1. The smallest absolute Gasteiger partial charge is 0.254 e. The van der Waals surface area contributed by atoms with Gasteiger partial charge in [0.25, 0.3) is 5.91 Å². The van der Waals surface area contributed by atoms with Crippen molar-refractivity contribution in [1.82, 2.24) is 9.88 Å². The van der Waals surface area contributed by atoms with Crippen molar-refractivity contribution in [2.24, 2.45) is 0 Å². The fourth-order valence-electron chi connectivity index (χ4n) is 3.92. The summed E-state index contributed by atoms with van der Waals surface area (Å²) in [5, 5.41) is 5.73. The highest BCUT2D eigenvalue weighted by molar-refractivity contribution is 7.08. The number of thiophene rings is 1. The van der Waals surface area contributed by atoms with Crippen LogP contribution < -0.4 is 4.90 Å². The lowest BCUT2D eigenvalue weighted by atomic mass is 10.0. The van der Waals surface area contributed by atoms with Crippen LogP contribution in [0.25, 0.3) is 22.2 Å². The zero-order valence-electron chi connectivity index (χ0n) is 16.3. The number of carbonyl (C=O) groups excluding carboxylic acids is 1. The number of nitrogens with zero attached hydrogens (tertiary/aromatic N) is 3. The number of aromatic nitrogens is 1. The van der Waals surface area contributed by atoms with E-state index in [2.05, 4.69) is 16.3 Å². The Bertz CT molecular complexity index is 1200. The minimum atomic E-state index is 0.0656. The fraction of sp³-hybridized carbons (Fsp3) is 0.167. The quantitative estimate of drug-likeness (QED) is 0.423. The molecule has 4 nitrogen and oxygen atoms in total. The maximum Gasteiger partial charge on any atom is 0.254 e. The molecule has 1 amide bonds. The first-order valence-electron chi connectivity index (χ1n) is 9.91. The Kier molecular flexibility index (Phi) is 5.15. The molecule has 30 heavy (non-hydrogen) atoms. The second-order valence-electron chi connectivity index (χ2n) is 7.34. The maximum absolute atomic E-state index is 13.5. The van der Waals surface area contributed by atoms with E-state index in [0.29, 0.717) is 13.1 Å². The van der Waals surface area contributed by atoms with Crippen LogP contribution in [0.15, 0.2) is 71.4 Å². The Morgan fingerprint density at radius 2 is 1.80 bits per heavy atom. The molecule has 0 spiro atoms. The Morgan fingerprint density at radius 1 is 0.967 bits per heavy atom. The highest BCUT2D eigenvalue weighted by atomic mass is 35.5. The molecule has 5 rings (SSSR count). The van der Waals surface area contributed by atoms with E-state index >= 15 is 0 Å². The number of rotatable bonds is 3. The highest BCUT2D eigenvalue weighted by Crippen LogP contribution is 2.28. The molecule has 1 fully saturated rings. The van der Waals surface area contributed by atoms with Gasteiger partial charge < -0.3 is 9.80 Å². The third-order valence-corrected chi connectivity index (χ3v) is 6.42. The van der Waals surface area contributed by atoms with Gasteiger partial charge in [-0.25, -0.2) is 4.98 Å². The molecule has 2 aromatic carbocycles. The first-order valence-corrected chi connectivity index (χ1v) is 11.2. The summed E-state index contributed by atoms with van der Waals surface area (Å²) in [6.45, 7) is 2.92. The molecule has 0 aliphatic carbocycles. The number of hydrogen-bond acceptors (Lipinski definition) is 4. The third-order valence-electron chi connectivity index (χ3n) is 5.50. The Balaban J connectivity index is 1.42. The van der Waals surface area contributed by atoms with E-state index in [1.807, 2.05) is 64.9 Å². The molecule has 1 aliphatic heterocycles. The van der Waals surface area contributed by atoms with Crippen molar-refractivity contribution in [1.29, 1.82) is 0 Å². The van der Waals surface area contributed by atoms with Gasteiger partial charge in [0.1, 0.15) is 0 Å². The Hall–Kier alpha value is -2.89. The van der Waals surface area contributed by atoms with Gasteiger partial charge in [-0.1, -0.05) is 35.9 Å². The number of benzene rings is 2. The first-order chi connectivity index (χ1) is 14.7. The van der Waals surface area contributed by atoms with Gasteiger partial charge in [-0.3, -0.25) is 4.79 Å². The van der Waals surface area contributed by atoms with Crippen LogP contribution in [0.2, 0.25) is 5.02 Å². The standard InChI is InChI=1S/C24H20ClN3OS/c25-18-4-3-5-19(14-18)27-9-11-28(12-10-27)24(29)21-15-23(17-8-13-30-16-17)26-22-7-2-1-6-20(21)22/h1-8,13-16H,9-12H2. The van der Waals surface area contributed by atoms with Crippen molar-refractivity contribution >= 4 is 45.4 Å². The van der Waals surface area contributed by atoms with Gasteiger partial charge in [0.2, 0.25) is 0 Å². The van der Waals surface area contributed by atoms with Crippen molar-refractivity contribution in [2.45, 2.75) is 0 Å². The van der Waals surface area contributed by atoms with Gasteiger partial charge in [-0.2, -0.15) is 11.3 Å². The number of fused-ring (bicyclic) bond motifs is 1. The lowest BCUT2D eigenvalue weighted by molar-refractivity contribution is 0.0748. The van der Waals surface area contributed by atoms with Crippen LogP contribution >= 0.6 is 22.9 Å². The SMILES string of the molecule is O=C(c1cc(-c2ccsc2)nc2ccccc12)N1CCN(c2cccc(Cl)c2)CC1. The fourth-order valence-corrected chi connectivity index (χ4v) is 4.76. The Labute approximate surface area is 184 Å². The molecule has 0 unspecified atom stereocenters. The number of pyridine rings is 1. The van der Waals surface area contributed by atoms with Gasteiger partial charge in [0, 0.05) is 53.2 Å². The van der Waals surface area contributed by atoms with Crippen LogP contribution in [0.4, 0.5) is 5.69 Å². The van der Waals surface area contributed by atoms with Crippen molar-refractivity contribution in [3.8, 4) is 11.3 Å². The van der Waals surface area contributed by atoms with E-state index in [0.717, 1.165) is 51.5 Å². The summed E-state index contributed by atoms with van der Waals surface area (Å²) in [5.74, 6) is 0.0656. The summed E-state index contributed by atoms with van der Waals surface area (Å²) in [4.78, 5) is 22.5. The van der Waals surface area contributed by atoms with Gasteiger partial charge >= 0.3 is 0 Å². The number of amides is 1. The average Bonchev–Trinajstić information content (AvgIpc) is 3.33. The molecule has 1 aliphatic rings. The molecule has 1 saturated heterocycles.